The van der Waals surface area contributed by atoms with Crippen molar-refractivity contribution in [2.24, 2.45) is 0 Å². The van der Waals surface area contributed by atoms with Crippen LogP contribution in [-0.4, -0.2) is 29.1 Å². The van der Waals surface area contributed by atoms with E-state index in [4.69, 9.17) is 0 Å². The van der Waals surface area contributed by atoms with Gasteiger partial charge in [0.15, 0.2) is 5.65 Å². The van der Waals surface area contributed by atoms with E-state index >= 15 is 0 Å². The Morgan fingerprint density at radius 3 is 2.77 bits per heavy atom. The molecule has 0 aliphatic rings. The fourth-order valence-electron chi connectivity index (χ4n) is 3.06. The van der Waals surface area contributed by atoms with Crippen LogP contribution in [-0.2, 0) is 13.0 Å². The van der Waals surface area contributed by atoms with Crippen LogP contribution in [0.5, 0.6) is 0 Å². The fourth-order valence-corrected chi connectivity index (χ4v) is 3.06. The van der Waals surface area contributed by atoms with Crippen LogP contribution in [0.25, 0.3) is 17.0 Å². The molecule has 0 spiro atoms. The summed E-state index contributed by atoms with van der Waals surface area (Å²) in [5.41, 5.74) is 2.64. The van der Waals surface area contributed by atoms with Gasteiger partial charge >= 0.3 is 0 Å². The predicted octanol–water partition coefficient (Wildman–Crippen LogP) is 3.19. The van der Waals surface area contributed by atoms with Gasteiger partial charge in [-0.25, -0.2) is 18.7 Å². The van der Waals surface area contributed by atoms with Gasteiger partial charge < -0.3 is 4.57 Å². The molecule has 1 aromatic carbocycles. The molecule has 0 aliphatic heterocycles. The summed E-state index contributed by atoms with van der Waals surface area (Å²) >= 11 is 0. The van der Waals surface area contributed by atoms with E-state index in [1.807, 2.05) is 18.2 Å². The van der Waals surface area contributed by atoms with Gasteiger partial charge in [0.1, 0.15) is 29.6 Å². The van der Waals surface area contributed by atoms with Crippen LogP contribution < -0.4 is 0 Å². The summed E-state index contributed by atoms with van der Waals surface area (Å²) in [5.74, 6) is 0.0806. The highest BCUT2D eigenvalue weighted by Crippen LogP contribution is 2.24. The first kappa shape index (κ1) is 16.3. The quantitative estimate of drug-likeness (QED) is 0.565. The van der Waals surface area contributed by atoms with Gasteiger partial charge in [-0.2, -0.15) is 0 Å². The van der Waals surface area contributed by atoms with E-state index in [0.717, 1.165) is 47.3 Å². The number of aryl methyl sites for hydroxylation is 2. The van der Waals surface area contributed by atoms with Gasteiger partial charge in [-0.15, -0.1) is 10.2 Å². The van der Waals surface area contributed by atoms with Crippen LogP contribution >= 0.6 is 0 Å². The summed E-state index contributed by atoms with van der Waals surface area (Å²) in [5, 5.41) is 8.32. The lowest BCUT2D eigenvalue weighted by molar-refractivity contribution is 0.600. The van der Waals surface area contributed by atoms with Crippen LogP contribution in [0.3, 0.4) is 0 Å². The van der Waals surface area contributed by atoms with Crippen molar-refractivity contribution in [1.82, 2.24) is 29.1 Å². The molecule has 132 valence electrons. The van der Waals surface area contributed by atoms with Crippen molar-refractivity contribution in [2.75, 3.05) is 0 Å². The van der Waals surface area contributed by atoms with Crippen molar-refractivity contribution in [3.63, 3.8) is 0 Å². The first-order valence-corrected chi connectivity index (χ1v) is 8.23. The molecule has 0 saturated carbocycles. The molecular weight excluding hydrogens is 338 g/mol. The Kier molecular flexibility index (Phi) is 3.95. The van der Waals surface area contributed by atoms with Gasteiger partial charge in [0.05, 0.1) is 17.8 Å². The Balaban J connectivity index is 1.79. The molecule has 0 N–H and O–H groups in total. The molecule has 3 heterocycles. The summed E-state index contributed by atoms with van der Waals surface area (Å²) in [6, 6.07) is 3.34. The number of nitrogens with zero attached hydrogens (tertiary/aromatic N) is 6. The zero-order chi connectivity index (χ0) is 18.3. The van der Waals surface area contributed by atoms with Gasteiger partial charge in [-0.1, -0.05) is 6.92 Å². The lowest BCUT2D eigenvalue weighted by Gasteiger charge is -2.12. The molecule has 0 aliphatic carbocycles. The number of hydrogen-bond acceptors (Lipinski definition) is 4. The van der Waals surface area contributed by atoms with Gasteiger partial charge in [0.25, 0.3) is 0 Å². The van der Waals surface area contributed by atoms with Crippen LogP contribution in [0, 0.1) is 18.6 Å². The highest BCUT2D eigenvalue weighted by Gasteiger charge is 2.16. The molecule has 6 nitrogen and oxygen atoms in total. The smallest absolute Gasteiger partial charge is 0.167 e. The maximum absolute atomic E-state index is 14.2. The molecular formula is C18H16F2N6. The minimum Gasteiger partial charge on any atom is -0.325 e. The second-order valence-electron chi connectivity index (χ2n) is 5.97. The number of halogens is 2. The largest absolute Gasteiger partial charge is 0.325 e. The molecule has 3 aromatic heterocycles. The van der Waals surface area contributed by atoms with Gasteiger partial charge in [-0.3, -0.25) is 4.40 Å². The Hall–Kier alpha value is -3.16. The molecule has 8 heteroatoms. The average molecular weight is 354 g/mol. The van der Waals surface area contributed by atoms with E-state index in [1.54, 1.807) is 23.3 Å². The summed E-state index contributed by atoms with van der Waals surface area (Å²) in [4.78, 5) is 8.73. The molecule has 0 saturated heterocycles. The van der Waals surface area contributed by atoms with Gasteiger partial charge in [0, 0.05) is 18.0 Å². The summed E-state index contributed by atoms with van der Waals surface area (Å²) < 4.78 is 31.3. The van der Waals surface area contributed by atoms with Crippen molar-refractivity contribution in [3.05, 3.63) is 65.6 Å². The molecule has 26 heavy (non-hydrogen) atoms. The number of fused-ring (bicyclic) bond motifs is 1. The maximum atomic E-state index is 14.2. The molecule has 0 radical (unpaired) electrons. The molecule has 0 amide bonds. The van der Waals surface area contributed by atoms with Crippen molar-refractivity contribution in [3.8, 4) is 11.4 Å². The molecule has 0 atom stereocenters. The highest BCUT2D eigenvalue weighted by atomic mass is 19.1. The Labute approximate surface area is 148 Å². The number of benzene rings is 1. The van der Waals surface area contributed by atoms with Crippen LogP contribution in [0.4, 0.5) is 8.78 Å². The summed E-state index contributed by atoms with van der Waals surface area (Å²) in [7, 11) is 0. The summed E-state index contributed by atoms with van der Waals surface area (Å²) in [6.07, 6.45) is 5.69. The lowest BCUT2D eigenvalue weighted by Crippen LogP contribution is -2.09. The molecule has 0 bridgehead atoms. The molecule has 0 unspecified atom stereocenters. The van der Waals surface area contributed by atoms with E-state index in [0.29, 0.717) is 12.4 Å². The van der Waals surface area contributed by atoms with E-state index in [9.17, 15) is 8.78 Å². The van der Waals surface area contributed by atoms with Crippen LogP contribution in [0.15, 0.2) is 36.9 Å². The summed E-state index contributed by atoms with van der Waals surface area (Å²) in [6.45, 7) is 4.25. The number of hydrogen-bond donors (Lipinski definition) is 0. The SMILES string of the molecule is CCc1c(Cn2ccnc2-c2cc(F)ccc2F)ncn2c(C)nnc12. The number of imidazole rings is 1. The molecule has 4 aromatic rings. The normalized spacial score (nSPS) is 11.4. The standard InChI is InChI=1S/C18H16F2N6/c1-3-13-16(22-10-26-11(2)23-24-18(13)26)9-25-7-6-21-17(25)14-8-12(19)4-5-15(14)20/h4-8,10H,3,9H2,1-2H3. The number of aromatic nitrogens is 6. The first-order chi connectivity index (χ1) is 12.6. The average Bonchev–Trinajstić information content (AvgIpc) is 3.24. The van der Waals surface area contributed by atoms with E-state index in [1.165, 1.54) is 0 Å². The van der Waals surface area contributed by atoms with Crippen molar-refractivity contribution in [2.45, 2.75) is 26.8 Å². The fraction of sp³-hybridized carbons (Fsp3) is 0.222. The second kappa shape index (κ2) is 6.29. The zero-order valence-electron chi connectivity index (χ0n) is 14.3. The topological polar surface area (TPSA) is 60.9 Å². The Morgan fingerprint density at radius 2 is 1.96 bits per heavy atom. The van der Waals surface area contributed by atoms with Gasteiger partial charge in [0.2, 0.25) is 0 Å². The minimum atomic E-state index is -0.522. The zero-order valence-corrected chi connectivity index (χ0v) is 14.3. The maximum Gasteiger partial charge on any atom is 0.167 e. The van der Waals surface area contributed by atoms with E-state index in [-0.39, 0.29) is 5.56 Å². The molecule has 4 rings (SSSR count). The monoisotopic (exact) mass is 354 g/mol. The van der Waals surface area contributed by atoms with Crippen molar-refractivity contribution in [1.29, 1.82) is 0 Å². The minimum absolute atomic E-state index is 0.118. The first-order valence-electron chi connectivity index (χ1n) is 8.23. The van der Waals surface area contributed by atoms with Crippen molar-refractivity contribution < 1.29 is 8.78 Å². The third kappa shape index (κ3) is 2.63. The Bertz CT molecular complexity index is 1100. The van der Waals surface area contributed by atoms with Crippen molar-refractivity contribution >= 4 is 5.65 Å². The third-order valence-electron chi connectivity index (χ3n) is 4.37. The lowest BCUT2D eigenvalue weighted by atomic mass is 10.1. The Morgan fingerprint density at radius 1 is 1.12 bits per heavy atom. The molecule has 0 fully saturated rings. The second-order valence-corrected chi connectivity index (χ2v) is 5.97. The predicted molar refractivity (Wildman–Crippen MR) is 91.6 cm³/mol. The highest BCUT2D eigenvalue weighted by molar-refractivity contribution is 5.57. The van der Waals surface area contributed by atoms with E-state index < -0.39 is 11.6 Å². The van der Waals surface area contributed by atoms with Gasteiger partial charge in [-0.05, 0) is 31.5 Å². The van der Waals surface area contributed by atoms with Crippen LogP contribution in [0.2, 0.25) is 0 Å². The van der Waals surface area contributed by atoms with Crippen LogP contribution in [0.1, 0.15) is 24.0 Å². The number of rotatable bonds is 4. The third-order valence-corrected chi connectivity index (χ3v) is 4.37. The van der Waals surface area contributed by atoms with E-state index in [2.05, 4.69) is 20.2 Å².